The van der Waals surface area contributed by atoms with Crippen LogP contribution in [0, 0.1) is 5.95 Å². The topological polar surface area (TPSA) is 153 Å². The summed E-state index contributed by atoms with van der Waals surface area (Å²) in [5.41, 5.74) is 11.7. The number of ether oxygens (including phenoxy) is 1. The second-order valence-corrected chi connectivity index (χ2v) is 5.67. The van der Waals surface area contributed by atoms with E-state index < -0.39 is 30.4 Å². The van der Waals surface area contributed by atoms with Crippen LogP contribution in [0.25, 0.3) is 0 Å². The number of halogens is 1. The zero-order valence-corrected chi connectivity index (χ0v) is 15.1. The van der Waals surface area contributed by atoms with Crippen molar-refractivity contribution in [2.24, 2.45) is 10.7 Å². The van der Waals surface area contributed by atoms with Gasteiger partial charge in [0.2, 0.25) is 11.9 Å². The fraction of sp³-hybridized carbons (Fsp3) is 0.222. The molecule has 9 nitrogen and oxygen atoms in total. The number of anilines is 1. The number of hydrogen-bond acceptors (Lipinski definition) is 7. The molecule has 10 heteroatoms. The third-order valence-corrected chi connectivity index (χ3v) is 3.78. The number of primary amides is 1. The third-order valence-electron chi connectivity index (χ3n) is 3.78. The standard InChI is InChI=1S/C18H20FN5O4/c1-22-15(18(27)24-14(8-25)17(21)26)12-7-11(4-5-13(12)20)28-9-10-3-2-6-23-16(10)19/h2-7,14,25H,8-9,20H2,1H3,(H2,21,26)(H,24,27). The van der Waals surface area contributed by atoms with Gasteiger partial charge in [-0.3, -0.25) is 14.6 Å². The molecule has 0 spiro atoms. The first kappa shape index (κ1) is 20.8. The Morgan fingerprint density at radius 2 is 2.14 bits per heavy atom. The lowest BCUT2D eigenvalue weighted by molar-refractivity contribution is -0.125. The van der Waals surface area contributed by atoms with Gasteiger partial charge in [-0.05, 0) is 30.3 Å². The SMILES string of the molecule is CN=C(C(=O)NC(CO)C(N)=O)c1cc(OCc2cccnc2F)ccc1N. The van der Waals surface area contributed by atoms with E-state index in [9.17, 15) is 14.0 Å². The highest BCUT2D eigenvalue weighted by atomic mass is 19.1. The van der Waals surface area contributed by atoms with Crippen LogP contribution in [-0.4, -0.2) is 47.3 Å². The van der Waals surface area contributed by atoms with Gasteiger partial charge in [0, 0.05) is 30.1 Å². The molecule has 28 heavy (non-hydrogen) atoms. The Hall–Kier alpha value is -3.53. The second-order valence-electron chi connectivity index (χ2n) is 5.67. The molecule has 1 aromatic carbocycles. The molecule has 0 saturated carbocycles. The van der Waals surface area contributed by atoms with Gasteiger partial charge in [0.25, 0.3) is 5.91 Å². The molecule has 6 N–H and O–H groups in total. The maximum atomic E-state index is 13.6. The zero-order chi connectivity index (χ0) is 20.7. The van der Waals surface area contributed by atoms with Crippen LogP contribution >= 0.6 is 0 Å². The molecular weight excluding hydrogens is 369 g/mol. The lowest BCUT2D eigenvalue weighted by atomic mass is 10.1. The average Bonchev–Trinajstić information content (AvgIpc) is 2.67. The summed E-state index contributed by atoms with van der Waals surface area (Å²) in [5, 5.41) is 11.4. The molecule has 0 aliphatic heterocycles. The molecule has 1 heterocycles. The number of hydrogen-bond donors (Lipinski definition) is 4. The molecule has 0 radical (unpaired) electrons. The van der Waals surface area contributed by atoms with Crippen molar-refractivity contribution in [1.29, 1.82) is 0 Å². The van der Waals surface area contributed by atoms with E-state index in [1.54, 1.807) is 12.1 Å². The smallest absolute Gasteiger partial charge is 0.270 e. The van der Waals surface area contributed by atoms with Crippen molar-refractivity contribution in [1.82, 2.24) is 10.3 Å². The number of aliphatic imine (C=N–C) groups is 1. The third kappa shape index (κ3) is 5.01. The number of carbonyl (C=O) groups is 2. The van der Waals surface area contributed by atoms with Crippen molar-refractivity contribution in [2.75, 3.05) is 19.4 Å². The first-order valence-corrected chi connectivity index (χ1v) is 8.17. The molecule has 0 aliphatic rings. The fourth-order valence-corrected chi connectivity index (χ4v) is 2.30. The summed E-state index contributed by atoms with van der Waals surface area (Å²) < 4.78 is 19.2. The summed E-state index contributed by atoms with van der Waals surface area (Å²) in [6, 6.07) is 6.37. The largest absolute Gasteiger partial charge is 0.489 e. The average molecular weight is 389 g/mol. The fourth-order valence-electron chi connectivity index (χ4n) is 2.30. The minimum atomic E-state index is -1.27. The van der Waals surface area contributed by atoms with Crippen LogP contribution < -0.4 is 21.5 Å². The van der Waals surface area contributed by atoms with Crippen LogP contribution in [0.4, 0.5) is 10.1 Å². The highest BCUT2D eigenvalue weighted by Gasteiger charge is 2.22. The molecular formula is C18H20FN5O4. The van der Waals surface area contributed by atoms with E-state index in [0.29, 0.717) is 5.75 Å². The monoisotopic (exact) mass is 389 g/mol. The van der Waals surface area contributed by atoms with Crippen molar-refractivity contribution >= 4 is 23.2 Å². The number of amides is 2. The van der Waals surface area contributed by atoms with E-state index in [4.69, 9.17) is 21.3 Å². The summed E-state index contributed by atoms with van der Waals surface area (Å²) >= 11 is 0. The Balaban J connectivity index is 2.21. The van der Waals surface area contributed by atoms with Gasteiger partial charge in [-0.15, -0.1) is 0 Å². The molecule has 2 rings (SSSR count). The van der Waals surface area contributed by atoms with Gasteiger partial charge >= 0.3 is 0 Å². The number of pyridine rings is 1. The predicted molar refractivity (Wildman–Crippen MR) is 100 cm³/mol. The minimum absolute atomic E-state index is 0.0813. The van der Waals surface area contributed by atoms with Crippen LogP contribution in [-0.2, 0) is 16.2 Å². The molecule has 0 bridgehead atoms. The number of nitrogens with zero attached hydrogens (tertiary/aromatic N) is 2. The van der Waals surface area contributed by atoms with Gasteiger partial charge in [-0.2, -0.15) is 4.39 Å². The zero-order valence-electron chi connectivity index (χ0n) is 15.1. The number of carbonyl (C=O) groups excluding carboxylic acids is 2. The number of nitrogen functional groups attached to an aromatic ring is 1. The Labute approximate surface area is 160 Å². The van der Waals surface area contributed by atoms with Crippen molar-refractivity contribution in [3.63, 3.8) is 0 Å². The Morgan fingerprint density at radius 3 is 2.75 bits per heavy atom. The van der Waals surface area contributed by atoms with Gasteiger partial charge in [0.05, 0.1) is 6.61 Å². The van der Waals surface area contributed by atoms with Crippen molar-refractivity contribution < 1.29 is 23.8 Å². The molecule has 0 aliphatic carbocycles. The van der Waals surface area contributed by atoms with E-state index >= 15 is 0 Å². The molecule has 1 aromatic heterocycles. The van der Waals surface area contributed by atoms with Crippen molar-refractivity contribution in [2.45, 2.75) is 12.6 Å². The Bertz CT molecular complexity index is 903. The van der Waals surface area contributed by atoms with Crippen LogP contribution in [0.1, 0.15) is 11.1 Å². The molecule has 1 atom stereocenters. The lowest BCUT2D eigenvalue weighted by Gasteiger charge is -2.15. The quantitative estimate of drug-likeness (QED) is 0.278. The molecule has 1 unspecified atom stereocenters. The summed E-state index contributed by atoms with van der Waals surface area (Å²) in [6.45, 7) is -0.741. The summed E-state index contributed by atoms with van der Waals surface area (Å²) in [4.78, 5) is 31.1. The van der Waals surface area contributed by atoms with Gasteiger partial charge in [-0.25, -0.2) is 4.98 Å². The predicted octanol–water partition coefficient (Wildman–Crippen LogP) is -0.237. The van der Waals surface area contributed by atoms with E-state index in [2.05, 4.69) is 15.3 Å². The van der Waals surface area contributed by atoms with Gasteiger partial charge in [-0.1, -0.05) is 0 Å². The van der Waals surface area contributed by atoms with Gasteiger partial charge < -0.3 is 26.6 Å². The highest BCUT2D eigenvalue weighted by molar-refractivity contribution is 6.46. The van der Waals surface area contributed by atoms with E-state index in [1.807, 2.05) is 0 Å². The molecule has 148 valence electrons. The number of benzene rings is 1. The maximum Gasteiger partial charge on any atom is 0.270 e. The number of aromatic nitrogens is 1. The number of nitrogens with two attached hydrogens (primary N) is 2. The second kappa shape index (κ2) is 9.42. The minimum Gasteiger partial charge on any atom is -0.489 e. The van der Waals surface area contributed by atoms with E-state index in [-0.39, 0.29) is 29.1 Å². The number of aliphatic hydroxyl groups excluding tert-OH is 1. The molecule has 0 fully saturated rings. The van der Waals surface area contributed by atoms with Crippen molar-refractivity contribution in [3.8, 4) is 5.75 Å². The van der Waals surface area contributed by atoms with Crippen LogP contribution in [0.15, 0.2) is 41.5 Å². The van der Waals surface area contributed by atoms with Gasteiger partial charge in [0.15, 0.2) is 0 Å². The maximum absolute atomic E-state index is 13.6. The molecule has 2 aromatic rings. The lowest BCUT2D eigenvalue weighted by Crippen LogP contribution is -2.49. The highest BCUT2D eigenvalue weighted by Crippen LogP contribution is 2.22. The Kier molecular flexibility index (Phi) is 6.99. The van der Waals surface area contributed by atoms with Crippen molar-refractivity contribution in [3.05, 3.63) is 53.6 Å². The summed E-state index contributed by atoms with van der Waals surface area (Å²) in [6.07, 6.45) is 1.33. The van der Waals surface area contributed by atoms with Crippen LogP contribution in [0.2, 0.25) is 0 Å². The van der Waals surface area contributed by atoms with Gasteiger partial charge in [0.1, 0.15) is 24.1 Å². The number of nitrogens with one attached hydrogen (secondary N) is 1. The number of rotatable bonds is 8. The Morgan fingerprint density at radius 1 is 1.39 bits per heavy atom. The normalized spacial score (nSPS) is 12.3. The van der Waals surface area contributed by atoms with E-state index in [1.165, 1.54) is 31.4 Å². The first-order valence-electron chi connectivity index (χ1n) is 8.17. The molecule has 0 saturated heterocycles. The van der Waals surface area contributed by atoms with E-state index in [0.717, 1.165) is 0 Å². The first-order chi connectivity index (χ1) is 13.4. The van der Waals surface area contributed by atoms with Crippen LogP contribution in [0.3, 0.4) is 0 Å². The summed E-state index contributed by atoms with van der Waals surface area (Å²) in [7, 11) is 1.37. The summed E-state index contributed by atoms with van der Waals surface area (Å²) in [5.74, 6) is -1.97. The number of aliphatic hydroxyl groups is 1. The molecule has 2 amide bonds. The van der Waals surface area contributed by atoms with Crippen LogP contribution in [0.5, 0.6) is 5.75 Å².